The van der Waals surface area contributed by atoms with Crippen molar-refractivity contribution in [1.29, 1.82) is 0 Å². The molecule has 0 aliphatic rings. The van der Waals surface area contributed by atoms with Gasteiger partial charge in [-0.2, -0.15) is 0 Å². The summed E-state index contributed by atoms with van der Waals surface area (Å²) in [4.78, 5) is 4.91. The van der Waals surface area contributed by atoms with Crippen molar-refractivity contribution in [2.75, 3.05) is 10.0 Å². The van der Waals surface area contributed by atoms with Crippen LogP contribution < -0.4 is 10.0 Å². The van der Waals surface area contributed by atoms with E-state index in [9.17, 15) is 8.76 Å². The molecule has 0 fully saturated rings. The first-order valence-corrected chi connectivity index (χ1v) is 13.5. The predicted molar refractivity (Wildman–Crippen MR) is 142 cm³/mol. The first-order valence-electron chi connectivity index (χ1n) is 10.8. The fourth-order valence-electron chi connectivity index (χ4n) is 3.56. The van der Waals surface area contributed by atoms with E-state index in [-0.39, 0.29) is 6.04 Å². The van der Waals surface area contributed by atoms with Crippen molar-refractivity contribution in [3.05, 3.63) is 102 Å². The van der Waals surface area contributed by atoms with E-state index in [1.165, 1.54) is 11.3 Å². The fraction of sp³-hybridized carbons (Fsp3) is 0.0800. The monoisotopic (exact) mass is 518 g/mol. The van der Waals surface area contributed by atoms with Gasteiger partial charge in [-0.3, -0.25) is 4.21 Å². The summed E-state index contributed by atoms with van der Waals surface area (Å²) in [7, 11) is 0. The average molecular weight is 519 g/mol. The molecule has 2 atom stereocenters. The van der Waals surface area contributed by atoms with Gasteiger partial charge in [0.2, 0.25) is 5.13 Å². The highest BCUT2D eigenvalue weighted by Crippen LogP contribution is 2.32. The van der Waals surface area contributed by atoms with Crippen LogP contribution in [0, 0.1) is 0 Å². The van der Waals surface area contributed by atoms with Crippen LogP contribution in [0.4, 0.5) is 10.8 Å². The molecular weight excluding hydrogens is 499 g/mol. The minimum Gasteiger partial charge on any atom is -0.755 e. The van der Waals surface area contributed by atoms with Crippen molar-refractivity contribution in [2.45, 2.75) is 12.5 Å². The Labute approximate surface area is 213 Å². The molecule has 0 bridgehead atoms. The molecule has 0 aliphatic heterocycles. The Hall–Kier alpha value is -3.44. The van der Waals surface area contributed by atoms with E-state index < -0.39 is 11.3 Å². The van der Waals surface area contributed by atoms with Crippen molar-refractivity contribution in [2.24, 2.45) is 0 Å². The van der Waals surface area contributed by atoms with Crippen LogP contribution in [0.5, 0.6) is 0 Å². The lowest BCUT2D eigenvalue weighted by Gasteiger charge is -2.17. The molecule has 5 rings (SSSR count). The number of aromatic nitrogens is 3. The SMILES string of the molecule is O=S([O-])Nc1ccc(C[C@H](Nc2nnc(-c3ccccc3)s2)c2csc(-c3ccccc3)n2)cc1. The Balaban J connectivity index is 1.41. The molecule has 0 amide bonds. The summed E-state index contributed by atoms with van der Waals surface area (Å²) in [6, 6.07) is 27.2. The van der Waals surface area contributed by atoms with Gasteiger partial charge < -0.3 is 14.6 Å². The molecule has 35 heavy (non-hydrogen) atoms. The first kappa shape index (κ1) is 23.3. The standard InChI is InChI=1S/C25H21N5O2S3/c31-35(32)30-20-13-11-17(12-14-20)15-21(22-16-33-23(26-22)18-7-3-1-4-8-18)27-25-29-28-24(34-25)19-9-5-2-6-10-19/h1-14,16,21,30H,15H2,(H,27,29)(H,31,32)/p-1/t21-/m0/s1. The van der Waals surface area contributed by atoms with Gasteiger partial charge in [0.15, 0.2) is 0 Å². The van der Waals surface area contributed by atoms with Crippen LogP contribution in [0.3, 0.4) is 0 Å². The molecule has 1 unspecified atom stereocenters. The van der Waals surface area contributed by atoms with Crippen LogP contribution in [0.1, 0.15) is 17.3 Å². The van der Waals surface area contributed by atoms with Gasteiger partial charge in [0, 0.05) is 33.5 Å². The van der Waals surface area contributed by atoms with E-state index in [1.54, 1.807) is 23.5 Å². The number of nitrogens with one attached hydrogen (secondary N) is 2. The Morgan fingerprint density at radius 3 is 2.17 bits per heavy atom. The van der Waals surface area contributed by atoms with Crippen molar-refractivity contribution in [3.8, 4) is 21.1 Å². The third kappa shape index (κ3) is 5.98. The van der Waals surface area contributed by atoms with Crippen LogP contribution in [-0.4, -0.2) is 23.9 Å². The molecule has 3 aromatic carbocycles. The minimum atomic E-state index is -2.35. The highest BCUT2D eigenvalue weighted by Gasteiger charge is 2.19. The van der Waals surface area contributed by atoms with Gasteiger partial charge in [-0.1, -0.05) is 84.1 Å². The maximum Gasteiger partial charge on any atom is 0.206 e. The quantitative estimate of drug-likeness (QED) is 0.234. The van der Waals surface area contributed by atoms with Crippen LogP contribution >= 0.6 is 22.7 Å². The number of hydrogen-bond acceptors (Lipinski definition) is 8. The number of anilines is 2. The maximum absolute atomic E-state index is 10.9. The van der Waals surface area contributed by atoms with Crippen molar-refractivity contribution < 1.29 is 8.76 Å². The van der Waals surface area contributed by atoms with Gasteiger partial charge >= 0.3 is 0 Å². The number of rotatable bonds is 9. The van der Waals surface area contributed by atoms with Gasteiger partial charge in [0.25, 0.3) is 0 Å². The zero-order valence-corrected chi connectivity index (χ0v) is 20.8. The summed E-state index contributed by atoms with van der Waals surface area (Å²) >= 11 is 0.743. The van der Waals surface area contributed by atoms with Crippen molar-refractivity contribution in [1.82, 2.24) is 15.2 Å². The second kappa shape index (κ2) is 10.9. The molecule has 176 valence electrons. The van der Waals surface area contributed by atoms with Crippen LogP contribution in [-0.2, 0) is 17.7 Å². The van der Waals surface area contributed by atoms with E-state index in [0.29, 0.717) is 17.2 Å². The molecule has 0 spiro atoms. The van der Waals surface area contributed by atoms with Crippen LogP contribution in [0.15, 0.2) is 90.3 Å². The Bertz CT molecular complexity index is 1410. The average Bonchev–Trinajstić information content (AvgIpc) is 3.56. The van der Waals surface area contributed by atoms with E-state index >= 15 is 0 Å². The highest BCUT2D eigenvalue weighted by atomic mass is 32.2. The zero-order valence-electron chi connectivity index (χ0n) is 18.3. The number of thiazole rings is 1. The smallest absolute Gasteiger partial charge is 0.206 e. The molecule has 7 nitrogen and oxygen atoms in total. The molecule has 0 saturated heterocycles. The largest absolute Gasteiger partial charge is 0.755 e. The predicted octanol–water partition coefficient (Wildman–Crippen LogP) is 5.93. The molecule has 0 saturated carbocycles. The summed E-state index contributed by atoms with van der Waals surface area (Å²) in [5.41, 5.74) is 4.56. The number of nitrogens with zero attached hydrogens (tertiary/aromatic N) is 3. The van der Waals surface area contributed by atoms with E-state index in [0.717, 1.165) is 32.4 Å². The minimum absolute atomic E-state index is 0.146. The molecule has 2 N–H and O–H groups in total. The lowest BCUT2D eigenvalue weighted by Crippen LogP contribution is -2.14. The first-order chi connectivity index (χ1) is 17.1. The van der Waals surface area contributed by atoms with Crippen LogP contribution in [0.2, 0.25) is 0 Å². The molecule has 10 heteroatoms. The summed E-state index contributed by atoms with van der Waals surface area (Å²) in [5, 5.41) is 16.8. The van der Waals surface area contributed by atoms with Gasteiger partial charge in [-0.25, -0.2) is 4.98 Å². The fourth-order valence-corrected chi connectivity index (χ4v) is 5.57. The summed E-state index contributed by atoms with van der Waals surface area (Å²) in [6.45, 7) is 0. The molecule has 5 aromatic rings. The lowest BCUT2D eigenvalue weighted by molar-refractivity contribution is 0.542. The molecular formula is C25H20N5O2S3-. The van der Waals surface area contributed by atoms with Gasteiger partial charge in [-0.15, -0.1) is 21.5 Å². The molecule has 2 aromatic heterocycles. The molecule has 0 radical (unpaired) electrons. The summed E-state index contributed by atoms with van der Waals surface area (Å²) in [5.74, 6) is 0. The molecule has 0 aliphatic carbocycles. The van der Waals surface area contributed by atoms with E-state index in [1.807, 2.05) is 72.8 Å². The second-order valence-electron chi connectivity index (χ2n) is 7.66. The Kier molecular flexibility index (Phi) is 7.24. The van der Waals surface area contributed by atoms with Crippen molar-refractivity contribution in [3.63, 3.8) is 0 Å². The molecule has 2 heterocycles. The van der Waals surface area contributed by atoms with Crippen LogP contribution in [0.25, 0.3) is 21.1 Å². The normalized spacial score (nSPS) is 12.7. The van der Waals surface area contributed by atoms with Gasteiger partial charge in [0.05, 0.1) is 11.7 Å². The van der Waals surface area contributed by atoms with E-state index in [4.69, 9.17) is 4.98 Å². The topological polar surface area (TPSA) is 103 Å². The number of benzene rings is 3. The highest BCUT2D eigenvalue weighted by molar-refractivity contribution is 7.80. The Morgan fingerprint density at radius 1 is 0.857 bits per heavy atom. The van der Waals surface area contributed by atoms with E-state index in [2.05, 4.69) is 25.6 Å². The third-order valence-electron chi connectivity index (χ3n) is 5.24. The Morgan fingerprint density at radius 2 is 1.51 bits per heavy atom. The van der Waals surface area contributed by atoms with Gasteiger partial charge in [-0.05, 0) is 24.1 Å². The second-order valence-corrected chi connectivity index (χ2v) is 10.2. The lowest BCUT2D eigenvalue weighted by atomic mass is 10.0. The third-order valence-corrected chi connectivity index (χ3v) is 7.45. The van der Waals surface area contributed by atoms with Gasteiger partial charge in [0.1, 0.15) is 10.0 Å². The summed E-state index contributed by atoms with van der Waals surface area (Å²) < 4.78 is 24.2. The zero-order chi connectivity index (χ0) is 24.0. The van der Waals surface area contributed by atoms with Crippen molar-refractivity contribution >= 4 is 44.8 Å². The maximum atomic E-state index is 10.9. The number of hydrogen-bond donors (Lipinski definition) is 2. The summed E-state index contributed by atoms with van der Waals surface area (Å²) in [6.07, 6.45) is 0.638.